The van der Waals surface area contributed by atoms with E-state index in [1.807, 2.05) is 18.2 Å². The summed E-state index contributed by atoms with van der Waals surface area (Å²) in [5, 5.41) is 5.69. The molecule has 0 radical (unpaired) electrons. The highest BCUT2D eigenvalue weighted by Gasteiger charge is 2.56. The van der Waals surface area contributed by atoms with Gasteiger partial charge in [-0.2, -0.15) is 0 Å². The van der Waals surface area contributed by atoms with Gasteiger partial charge in [0.1, 0.15) is 12.1 Å². The third-order valence-corrected chi connectivity index (χ3v) is 6.93. The summed E-state index contributed by atoms with van der Waals surface area (Å²) < 4.78 is 0. The average molecular weight is 427 g/mol. The fourth-order valence-electron chi connectivity index (χ4n) is 5.24. The molecule has 168 valence electrons. The summed E-state index contributed by atoms with van der Waals surface area (Å²) in [4.78, 5) is 41.1. The normalized spacial score (nSPS) is 29.2. The van der Waals surface area contributed by atoms with Gasteiger partial charge in [-0.1, -0.05) is 38.1 Å². The lowest BCUT2D eigenvalue weighted by Crippen LogP contribution is -2.47. The summed E-state index contributed by atoms with van der Waals surface area (Å²) in [5.74, 6) is 0.966. The second-order valence-electron chi connectivity index (χ2n) is 9.98. The first-order valence-corrected chi connectivity index (χ1v) is 11.5. The summed E-state index contributed by atoms with van der Waals surface area (Å²) in [6, 6.07) is 7.69. The Labute approximate surface area is 184 Å². The van der Waals surface area contributed by atoms with E-state index in [1.54, 1.807) is 6.92 Å². The van der Waals surface area contributed by atoms with E-state index in [-0.39, 0.29) is 24.3 Å². The largest absolute Gasteiger partial charge is 0.350 e. The number of imide groups is 1. The van der Waals surface area contributed by atoms with Crippen LogP contribution in [0.25, 0.3) is 0 Å². The highest BCUT2D eigenvalue weighted by atomic mass is 16.2. The number of benzene rings is 1. The molecule has 1 saturated carbocycles. The van der Waals surface area contributed by atoms with Crippen LogP contribution in [-0.2, 0) is 22.7 Å². The van der Waals surface area contributed by atoms with Crippen molar-refractivity contribution >= 4 is 17.8 Å². The van der Waals surface area contributed by atoms with Crippen LogP contribution in [0.2, 0.25) is 0 Å². The third kappa shape index (κ3) is 4.76. The molecular weight excluding hydrogens is 392 g/mol. The van der Waals surface area contributed by atoms with Crippen LogP contribution in [0.3, 0.4) is 0 Å². The number of carbonyl (C=O) groups excluding carboxylic acids is 3. The zero-order valence-electron chi connectivity index (χ0n) is 18.8. The number of urea groups is 1. The Morgan fingerprint density at radius 2 is 1.77 bits per heavy atom. The summed E-state index contributed by atoms with van der Waals surface area (Å²) in [6.07, 6.45) is 3.15. The van der Waals surface area contributed by atoms with E-state index in [9.17, 15) is 14.4 Å². The topological polar surface area (TPSA) is 81.8 Å². The van der Waals surface area contributed by atoms with Crippen molar-refractivity contribution in [2.45, 2.75) is 58.7 Å². The maximum Gasteiger partial charge on any atom is 0.325 e. The Balaban J connectivity index is 1.34. The zero-order chi connectivity index (χ0) is 22.2. The van der Waals surface area contributed by atoms with Gasteiger partial charge in [-0.15, -0.1) is 0 Å². The molecule has 7 nitrogen and oxygen atoms in total. The van der Waals surface area contributed by atoms with Gasteiger partial charge in [0.2, 0.25) is 5.91 Å². The van der Waals surface area contributed by atoms with Crippen molar-refractivity contribution in [3.8, 4) is 0 Å². The summed E-state index contributed by atoms with van der Waals surface area (Å²) in [6.45, 7) is 9.58. The van der Waals surface area contributed by atoms with E-state index in [1.165, 1.54) is 12.0 Å². The smallest absolute Gasteiger partial charge is 0.325 e. The molecule has 2 aliphatic heterocycles. The molecule has 4 rings (SSSR count). The average Bonchev–Trinajstić information content (AvgIpc) is 3.53. The van der Waals surface area contributed by atoms with Crippen molar-refractivity contribution in [3.63, 3.8) is 0 Å². The Hall–Kier alpha value is -2.41. The molecule has 0 aromatic heterocycles. The van der Waals surface area contributed by atoms with E-state index >= 15 is 0 Å². The predicted molar refractivity (Wildman–Crippen MR) is 118 cm³/mol. The molecule has 2 saturated heterocycles. The predicted octanol–water partition coefficient (Wildman–Crippen LogP) is 2.50. The van der Waals surface area contributed by atoms with Crippen LogP contribution < -0.4 is 10.6 Å². The van der Waals surface area contributed by atoms with Crippen molar-refractivity contribution in [3.05, 3.63) is 35.4 Å². The molecule has 2 N–H and O–H groups in total. The first-order chi connectivity index (χ1) is 14.8. The van der Waals surface area contributed by atoms with Crippen LogP contribution in [-0.4, -0.2) is 52.8 Å². The van der Waals surface area contributed by atoms with E-state index < -0.39 is 11.6 Å². The highest BCUT2D eigenvalue weighted by molar-refractivity contribution is 6.09. The number of rotatable bonds is 7. The standard InChI is InChI=1S/C24H34N4O3/c1-16-10-17(2)13-27(12-16)14-19-7-5-4-6-18(19)11-25-21(29)15-28-22(30)24(3,20-8-9-20)26-23(28)31/h4-7,16-17,20H,8-15H2,1-3H3,(H,25,29)(H,26,31)/t16-,17-,24+/m0/s1. The second kappa shape index (κ2) is 8.61. The van der Waals surface area contributed by atoms with E-state index in [0.717, 1.165) is 42.9 Å². The molecule has 31 heavy (non-hydrogen) atoms. The number of hydrogen-bond donors (Lipinski definition) is 2. The number of carbonyl (C=O) groups is 3. The first kappa shape index (κ1) is 21.8. The molecule has 1 aromatic carbocycles. The monoisotopic (exact) mass is 426 g/mol. The number of likely N-dealkylation sites (tertiary alicyclic amines) is 1. The molecule has 2 heterocycles. The lowest BCUT2D eigenvalue weighted by Gasteiger charge is -2.35. The van der Waals surface area contributed by atoms with Gasteiger partial charge in [0.15, 0.2) is 0 Å². The Morgan fingerprint density at radius 1 is 1.13 bits per heavy atom. The molecule has 3 atom stereocenters. The SMILES string of the molecule is C[C@H]1C[C@H](C)CN(Cc2ccccc2CNC(=O)CN2C(=O)N[C@](C)(C3CC3)C2=O)C1. The molecule has 3 aliphatic rings. The number of nitrogens with zero attached hydrogens (tertiary/aromatic N) is 2. The van der Waals surface area contributed by atoms with Crippen molar-refractivity contribution in [2.24, 2.45) is 17.8 Å². The minimum Gasteiger partial charge on any atom is -0.350 e. The van der Waals surface area contributed by atoms with Crippen LogP contribution in [0.15, 0.2) is 24.3 Å². The Bertz CT molecular complexity index is 858. The molecule has 4 amide bonds. The molecular formula is C24H34N4O3. The van der Waals surface area contributed by atoms with Crippen molar-refractivity contribution in [1.29, 1.82) is 0 Å². The van der Waals surface area contributed by atoms with Gasteiger partial charge in [0.05, 0.1) is 0 Å². The Morgan fingerprint density at radius 3 is 2.42 bits per heavy atom. The van der Waals surface area contributed by atoms with Crippen molar-refractivity contribution in [1.82, 2.24) is 20.4 Å². The number of piperidine rings is 1. The zero-order valence-corrected chi connectivity index (χ0v) is 18.8. The van der Waals surface area contributed by atoms with E-state index in [0.29, 0.717) is 18.4 Å². The van der Waals surface area contributed by atoms with Crippen LogP contribution in [0.5, 0.6) is 0 Å². The van der Waals surface area contributed by atoms with Gasteiger partial charge in [-0.05, 0) is 55.1 Å². The number of hydrogen-bond acceptors (Lipinski definition) is 4. The Kier molecular flexibility index (Phi) is 6.06. The maximum atomic E-state index is 12.7. The van der Waals surface area contributed by atoms with Crippen LogP contribution in [0.1, 0.15) is 51.2 Å². The quantitative estimate of drug-likeness (QED) is 0.657. The van der Waals surface area contributed by atoms with Crippen LogP contribution in [0.4, 0.5) is 4.79 Å². The van der Waals surface area contributed by atoms with Gasteiger partial charge in [0.25, 0.3) is 5.91 Å². The minimum absolute atomic E-state index is 0.184. The molecule has 0 spiro atoms. The molecule has 0 bridgehead atoms. The lowest BCUT2D eigenvalue weighted by atomic mass is 9.91. The molecule has 7 heteroatoms. The van der Waals surface area contributed by atoms with Gasteiger partial charge < -0.3 is 10.6 Å². The van der Waals surface area contributed by atoms with Gasteiger partial charge >= 0.3 is 6.03 Å². The van der Waals surface area contributed by atoms with Gasteiger partial charge in [-0.3, -0.25) is 19.4 Å². The van der Waals surface area contributed by atoms with Crippen LogP contribution in [0, 0.1) is 17.8 Å². The summed E-state index contributed by atoms with van der Waals surface area (Å²) in [5.41, 5.74) is 1.43. The van der Waals surface area contributed by atoms with Gasteiger partial charge in [0, 0.05) is 26.2 Å². The highest BCUT2D eigenvalue weighted by Crippen LogP contribution is 2.42. The van der Waals surface area contributed by atoms with Crippen molar-refractivity contribution in [2.75, 3.05) is 19.6 Å². The molecule has 3 fully saturated rings. The molecule has 1 aromatic rings. The number of amides is 4. The van der Waals surface area contributed by atoms with Crippen molar-refractivity contribution < 1.29 is 14.4 Å². The van der Waals surface area contributed by atoms with E-state index in [2.05, 4.69) is 35.4 Å². The molecule has 0 unspecified atom stereocenters. The van der Waals surface area contributed by atoms with E-state index in [4.69, 9.17) is 0 Å². The fourth-order valence-corrected chi connectivity index (χ4v) is 5.24. The van der Waals surface area contributed by atoms with Gasteiger partial charge in [-0.25, -0.2) is 4.79 Å². The molecule has 1 aliphatic carbocycles. The van der Waals surface area contributed by atoms with Crippen LogP contribution >= 0.6 is 0 Å². The maximum absolute atomic E-state index is 12.7. The lowest BCUT2D eigenvalue weighted by molar-refractivity contribution is -0.135. The number of nitrogens with one attached hydrogen (secondary N) is 2. The third-order valence-electron chi connectivity index (χ3n) is 6.93. The first-order valence-electron chi connectivity index (χ1n) is 11.5. The fraction of sp³-hybridized carbons (Fsp3) is 0.625. The summed E-state index contributed by atoms with van der Waals surface area (Å²) >= 11 is 0. The second-order valence-corrected chi connectivity index (χ2v) is 9.98. The summed E-state index contributed by atoms with van der Waals surface area (Å²) in [7, 11) is 0. The minimum atomic E-state index is -0.854.